The zero-order chi connectivity index (χ0) is 13.4. The number of hydrogen-bond donors (Lipinski definition) is 0. The fourth-order valence-corrected chi connectivity index (χ4v) is 2.77. The highest BCUT2D eigenvalue weighted by Gasteiger charge is 2.49. The van der Waals surface area contributed by atoms with Gasteiger partial charge in [-0.25, -0.2) is 4.79 Å². The van der Waals surface area contributed by atoms with Crippen LogP contribution in [0, 0.1) is 5.41 Å². The highest BCUT2D eigenvalue weighted by molar-refractivity contribution is 5.69. The normalized spacial score (nSPS) is 29.6. The Kier molecular flexibility index (Phi) is 3.30. The van der Waals surface area contributed by atoms with Crippen molar-refractivity contribution < 1.29 is 14.3 Å². The van der Waals surface area contributed by atoms with Crippen LogP contribution in [0.3, 0.4) is 0 Å². The van der Waals surface area contributed by atoms with E-state index in [0.29, 0.717) is 0 Å². The molecule has 1 heterocycles. The Hall–Kier alpha value is -1.19. The Balaban J connectivity index is 1.97. The number of rotatable bonds is 1. The fourth-order valence-electron chi connectivity index (χ4n) is 2.77. The maximum absolute atomic E-state index is 12.0. The van der Waals surface area contributed by atoms with E-state index >= 15 is 0 Å². The minimum atomic E-state index is -0.419. The molecule has 1 saturated carbocycles. The van der Waals surface area contributed by atoms with Crippen molar-refractivity contribution in [3.8, 4) is 0 Å². The number of carbonyl (C=O) groups excluding carboxylic acids is 1. The Labute approximate surface area is 109 Å². The van der Waals surface area contributed by atoms with E-state index in [9.17, 15) is 4.79 Å². The van der Waals surface area contributed by atoms with E-state index in [1.165, 1.54) is 5.57 Å². The lowest BCUT2D eigenvalue weighted by atomic mass is 9.64. The molecule has 2 aliphatic rings. The highest BCUT2D eigenvalue weighted by Crippen LogP contribution is 2.52. The number of nitrogens with zero attached hydrogens (tertiary/aromatic N) is 1. The fraction of sp³-hybridized carbons (Fsp3) is 0.786. The molecule has 18 heavy (non-hydrogen) atoms. The van der Waals surface area contributed by atoms with Crippen LogP contribution in [0.1, 0.15) is 40.0 Å². The first-order valence-corrected chi connectivity index (χ1v) is 6.57. The third-order valence-electron chi connectivity index (χ3n) is 3.82. The van der Waals surface area contributed by atoms with E-state index in [-0.39, 0.29) is 11.5 Å². The van der Waals surface area contributed by atoms with Crippen LogP contribution in [0.5, 0.6) is 0 Å². The second-order valence-corrected chi connectivity index (χ2v) is 6.31. The van der Waals surface area contributed by atoms with Gasteiger partial charge in [0.05, 0.1) is 13.4 Å². The Morgan fingerprint density at radius 2 is 2.11 bits per heavy atom. The van der Waals surface area contributed by atoms with Gasteiger partial charge in [-0.2, -0.15) is 0 Å². The third kappa shape index (κ3) is 2.47. The molecule has 0 aromatic heterocycles. The first-order valence-electron chi connectivity index (χ1n) is 6.57. The average molecular weight is 253 g/mol. The Bertz CT molecular complexity index is 370. The summed E-state index contributed by atoms with van der Waals surface area (Å²) in [6.45, 7) is 7.26. The van der Waals surface area contributed by atoms with Crippen molar-refractivity contribution in [2.75, 3.05) is 20.2 Å². The van der Waals surface area contributed by atoms with Gasteiger partial charge in [-0.3, -0.25) is 0 Å². The molecule has 4 nitrogen and oxygen atoms in total. The van der Waals surface area contributed by atoms with Crippen molar-refractivity contribution >= 4 is 6.09 Å². The molecule has 4 heteroatoms. The largest absolute Gasteiger partial charge is 0.504 e. The third-order valence-corrected chi connectivity index (χ3v) is 3.82. The summed E-state index contributed by atoms with van der Waals surface area (Å²) >= 11 is 0. The maximum Gasteiger partial charge on any atom is 0.410 e. The molecule has 1 spiro atoms. The van der Waals surface area contributed by atoms with Gasteiger partial charge in [0.25, 0.3) is 0 Å². The van der Waals surface area contributed by atoms with Crippen LogP contribution in [0.4, 0.5) is 4.79 Å². The van der Waals surface area contributed by atoms with Crippen LogP contribution in [-0.4, -0.2) is 36.8 Å². The van der Waals surface area contributed by atoms with Crippen LogP contribution < -0.4 is 0 Å². The summed E-state index contributed by atoms with van der Waals surface area (Å²) in [5, 5.41) is 0. The molecule has 0 N–H and O–H groups in total. The topological polar surface area (TPSA) is 38.8 Å². The van der Waals surface area contributed by atoms with Crippen LogP contribution in [-0.2, 0) is 9.47 Å². The predicted octanol–water partition coefficient (Wildman–Crippen LogP) is 2.94. The summed E-state index contributed by atoms with van der Waals surface area (Å²) in [5.41, 5.74) is 1.10. The molecule has 1 saturated heterocycles. The molecule has 0 unspecified atom stereocenters. The van der Waals surface area contributed by atoms with Crippen molar-refractivity contribution in [1.29, 1.82) is 0 Å². The van der Waals surface area contributed by atoms with E-state index < -0.39 is 5.60 Å². The van der Waals surface area contributed by atoms with Gasteiger partial charge in [0.2, 0.25) is 0 Å². The average Bonchev–Trinajstić information content (AvgIpc) is 2.69. The number of ether oxygens (including phenoxy) is 2. The Morgan fingerprint density at radius 1 is 1.39 bits per heavy atom. The van der Waals surface area contributed by atoms with Crippen molar-refractivity contribution in [3.05, 3.63) is 11.8 Å². The second-order valence-electron chi connectivity index (χ2n) is 6.31. The van der Waals surface area contributed by atoms with Crippen molar-refractivity contribution in [2.45, 2.75) is 45.6 Å². The molecule has 0 aromatic rings. The molecule has 0 bridgehead atoms. The zero-order valence-electron chi connectivity index (χ0n) is 11.8. The molecule has 1 amide bonds. The summed E-state index contributed by atoms with van der Waals surface area (Å²) in [7, 11) is 1.68. The van der Waals surface area contributed by atoms with E-state index in [0.717, 1.165) is 32.4 Å². The first kappa shape index (κ1) is 13.2. The van der Waals surface area contributed by atoms with E-state index in [1.807, 2.05) is 31.9 Å². The van der Waals surface area contributed by atoms with Crippen LogP contribution in [0.25, 0.3) is 0 Å². The van der Waals surface area contributed by atoms with Gasteiger partial charge < -0.3 is 14.4 Å². The molecule has 102 valence electrons. The Morgan fingerprint density at radius 3 is 2.61 bits per heavy atom. The number of hydrogen-bond acceptors (Lipinski definition) is 3. The van der Waals surface area contributed by atoms with Crippen molar-refractivity contribution in [1.82, 2.24) is 4.90 Å². The molecule has 1 aliphatic heterocycles. The van der Waals surface area contributed by atoms with E-state index in [1.54, 1.807) is 7.11 Å². The molecule has 0 radical (unpaired) electrons. The van der Waals surface area contributed by atoms with E-state index in [2.05, 4.69) is 0 Å². The molecule has 1 atom stereocenters. The van der Waals surface area contributed by atoms with Gasteiger partial charge in [-0.1, -0.05) is 0 Å². The quantitative estimate of drug-likeness (QED) is 0.674. The SMILES string of the molecule is COC=C1CC[C@@]12CCN(C(=O)OC(C)(C)C)C2. The molecule has 1 aliphatic carbocycles. The molecule has 2 rings (SSSR count). The second kappa shape index (κ2) is 4.48. The lowest BCUT2D eigenvalue weighted by Crippen LogP contribution is -2.40. The van der Waals surface area contributed by atoms with Crippen LogP contribution in [0.2, 0.25) is 0 Å². The van der Waals surface area contributed by atoms with Crippen molar-refractivity contribution in [2.24, 2.45) is 5.41 Å². The predicted molar refractivity (Wildman–Crippen MR) is 69.2 cm³/mol. The van der Waals surface area contributed by atoms with Gasteiger partial charge in [0, 0.05) is 18.5 Å². The summed E-state index contributed by atoms with van der Waals surface area (Å²) in [6, 6.07) is 0. The number of likely N-dealkylation sites (tertiary alicyclic amines) is 1. The summed E-state index contributed by atoms with van der Waals surface area (Å²) < 4.78 is 10.5. The van der Waals surface area contributed by atoms with Gasteiger partial charge >= 0.3 is 6.09 Å². The van der Waals surface area contributed by atoms with Crippen LogP contribution in [0.15, 0.2) is 11.8 Å². The summed E-state index contributed by atoms with van der Waals surface area (Å²) in [6.07, 6.45) is 4.93. The molecular formula is C14H23NO3. The van der Waals surface area contributed by atoms with E-state index in [4.69, 9.17) is 9.47 Å². The smallest absolute Gasteiger partial charge is 0.410 e. The highest BCUT2D eigenvalue weighted by atomic mass is 16.6. The molecule has 2 fully saturated rings. The monoisotopic (exact) mass is 253 g/mol. The number of carbonyl (C=O) groups is 1. The lowest BCUT2D eigenvalue weighted by molar-refractivity contribution is 0.0268. The first-order chi connectivity index (χ1) is 8.36. The lowest BCUT2D eigenvalue weighted by Gasteiger charge is -2.41. The van der Waals surface area contributed by atoms with Gasteiger partial charge in [0.15, 0.2) is 0 Å². The summed E-state index contributed by atoms with van der Waals surface area (Å²) in [5.74, 6) is 0. The minimum absolute atomic E-state index is 0.174. The maximum atomic E-state index is 12.0. The van der Waals surface area contributed by atoms with Gasteiger partial charge in [-0.05, 0) is 45.6 Å². The number of amides is 1. The number of methoxy groups -OCH3 is 1. The van der Waals surface area contributed by atoms with Gasteiger partial charge in [0.1, 0.15) is 5.60 Å². The van der Waals surface area contributed by atoms with Gasteiger partial charge in [-0.15, -0.1) is 0 Å². The molecular weight excluding hydrogens is 230 g/mol. The standard InChI is InChI=1S/C14H23NO3/c1-13(2,3)18-12(16)15-8-7-14(10-15)6-5-11(14)9-17-4/h9H,5-8,10H2,1-4H3/t14-/m0/s1. The summed E-state index contributed by atoms with van der Waals surface area (Å²) in [4.78, 5) is 13.8. The molecule has 0 aromatic carbocycles. The van der Waals surface area contributed by atoms with Crippen molar-refractivity contribution in [3.63, 3.8) is 0 Å². The minimum Gasteiger partial charge on any atom is -0.504 e. The van der Waals surface area contributed by atoms with Crippen LogP contribution >= 0.6 is 0 Å². The zero-order valence-corrected chi connectivity index (χ0v) is 11.8.